The van der Waals surface area contributed by atoms with Crippen molar-refractivity contribution < 1.29 is 9.59 Å². The number of hydrogen-bond acceptors (Lipinski definition) is 4. The fourth-order valence-electron chi connectivity index (χ4n) is 2.95. The van der Waals surface area contributed by atoms with Crippen molar-refractivity contribution in [3.8, 4) is 0 Å². The molecule has 0 spiro atoms. The molecule has 0 bridgehead atoms. The topological polar surface area (TPSA) is 49.4 Å². The van der Waals surface area contributed by atoms with E-state index in [1.807, 2.05) is 38.1 Å². The van der Waals surface area contributed by atoms with E-state index in [2.05, 4.69) is 30.1 Å². The van der Waals surface area contributed by atoms with E-state index in [4.69, 9.17) is 0 Å². The minimum atomic E-state index is -0.122. The summed E-state index contributed by atoms with van der Waals surface area (Å²) in [6.07, 6.45) is 0.440. The van der Waals surface area contributed by atoms with E-state index in [9.17, 15) is 9.59 Å². The lowest BCUT2D eigenvalue weighted by atomic mass is 10.1. The second-order valence-corrected chi connectivity index (χ2v) is 7.92. The quantitative estimate of drug-likeness (QED) is 0.643. The summed E-state index contributed by atoms with van der Waals surface area (Å²) < 4.78 is 0. The number of carbonyl (C=O) groups is 2. The predicted molar refractivity (Wildman–Crippen MR) is 109 cm³/mol. The van der Waals surface area contributed by atoms with E-state index >= 15 is 0 Å². The lowest BCUT2D eigenvalue weighted by Gasteiger charge is -2.18. The molecule has 0 fully saturated rings. The first-order valence-corrected chi connectivity index (χ1v) is 9.96. The second-order valence-electron chi connectivity index (χ2n) is 6.46. The van der Waals surface area contributed by atoms with E-state index in [-0.39, 0.29) is 24.5 Å². The van der Waals surface area contributed by atoms with Crippen LogP contribution >= 0.6 is 11.3 Å². The van der Waals surface area contributed by atoms with Gasteiger partial charge in [0.25, 0.3) is 0 Å². The number of benzene rings is 1. The lowest BCUT2D eigenvalue weighted by Crippen LogP contribution is -2.22. The zero-order valence-electron chi connectivity index (χ0n) is 16.1. The lowest BCUT2D eigenvalue weighted by molar-refractivity contribution is -0.116. The predicted octanol–water partition coefficient (Wildman–Crippen LogP) is 4.81. The molecule has 0 aliphatic rings. The SMILES string of the molecule is CCN(CC)Cc1cccc(NC(=O)CCC(=O)c2cc(C)sc2C)c1. The van der Waals surface area contributed by atoms with Crippen LogP contribution in [0.2, 0.25) is 0 Å². The van der Waals surface area contributed by atoms with Gasteiger partial charge in [-0.2, -0.15) is 0 Å². The minimum absolute atomic E-state index is 0.0392. The highest BCUT2D eigenvalue weighted by molar-refractivity contribution is 7.12. The van der Waals surface area contributed by atoms with E-state index < -0.39 is 0 Å². The van der Waals surface area contributed by atoms with Gasteiger partial charge in [-0.3, -0.25) is 14.5 Å². The maximum atomic E-state index is 12.3. The molecule has 5 heteroatoms. The van der Waals surface area contributed by atoms with Crippen LogP contribution in [0.5, 0.6) is 0 Å². The molecule has 0 radical (unpaired) electrons. The third kappa shape index (κ3) is 5.78. The Morgan fingerprint density at radius 1 is 1.08 bits per heavy atom. The van der Waals surface area contributed by atoms with E-state index in [0.29, 0.717) is 0 Å². The van der Waals surface area contributed by atoms with Gasteiger partial charge in [0.05, 0.1) is 0 Å². The van der Waals surface area contributed by atoms with Crippen molar-refractivity contribution in [2.45, 2.75) is 47.1 Å². The average molecular weight is 373 g/mol. The normalized spacial score (nSPS) is 11.0. The summed E-state index contributed by atoms with van der Waals surface area (Å²) >= 11 is 1.62. The Morgan fingerprint density at radius 3 is 2.42 bits per heavy atom. The highest BCUT2D eigenvalue weighted by atomic mass is 32.1. The molecule has 1 heterocycles. The van der Waals surface area contributed by atoms with Gasteiger partial charge in [-0.25, -0.2) is 0 Å². The van der Waals surface area contributed by atoms with Crippen molar-refractivity contribution in [2.75, 3.05) is 18.4 Å². The highest BCUT2D eigenvalue weighted by Crippen LogP contribution is 2.22. The first kappa shape index (κ1) is 20.3. The Balaban J connectivity index is 1.89. The summed E-state index contributed by atoms with van der Waals surface area (Å²) in [7, 11) is 0. The van der Waals surface area contributed by atoms with Crippen LogP contribution in [-0.4, -0.2) is 29.7 Å². The highest BCUT2D eigenvalue weighted by Gasteiger charge is 2.14. The van der Waals surface area contributed by atoms with Crippen LogP contribution in [0, 0.1) is 13.8 Å². The fourth-order valence-corrected chi connectivity index (χ4v) is 3.89. The van der Waals surface area contributed by atoms with Crippen molar-refractivity contribution in [2.24, 2.45) is 0 Å². The number of nitrogens with one attached hydrogen (secondary N) is 1. The van der Waals surface area contributed by atoms with E-state index in [0.717, 1.165) is 40.6 Å². The molecular formula is C21H28N2O2S. The molecule has 4 nitrogen and oxygen atoms in total. The summed E-state index contributed by atoms with van der Waals surface area (Å²) in [6.45, 7) is 11.1. The van der Waals surface area contributed by atoms with Gasteiger partial charge < -0.3 is 5.32 Å². The van der Waals surface area contributed by atoms with Gasteiger partial charge in [-0.15, -0.1) is 11.3 Å². The third-order valence-corrected chi connectivity index (χ3v) is 5.40. The summed E-state index contributed by atoms with van der Waals surface area (Å²) in [6, 6.07) is 9.83. The molecule has 140 valence electrons. The summed E-state index contributed by atoms with van der Waals surface area (Å²) in [5.74, 6) is -0.0831. The van der Waals surface area contributed by atoms with Gasteiger partial charge in [0.1, 0.15) is 0 Å². The summed E-state index contributed by atoms with van der Waals surface area (Å²) in [5, 5.41) is 2.91. The number of carbonyl (C=O) groups excluding carboxylic acids is 2. The molecule has 0 saturated carbocycles. The van der Waals surface area contributed by atoms with Gasteiger partial charge >= 0.3 is 0 Å². The van der Waals surface area contributed by atoms with E-state index in [1.165, 1.54) is 5.56 Å². The molecule has 0 unspecified atom stereocenters. The van der Waals surface area contributed by atoms with Crippen LogP contribution in [0.25, 0.3) is 0 Å². The molecule has 2 aromatic rings. The minimum Gasteiger partial charge on any atom is -0.326 e. The smallest absolute Gasteiger partial charge is 0.224 e. The van der Waals surface area contributed by atoms with Crippen molar-refractivity contribution in [1.82, 2.24) is 4.90 Å². The number of thiophene rings is 1. The number of ketones is 1. The number of Topliss-reactive ketones (excluding diaryl/α,β-unsaturated/α-hetero) is 1. The van der Waals surface area contributed by atoms with Crippen molar-refractivity contribution in [3.63, 3.8) is 0 Å². The third-order valence-electron chi connectivity index (χ3n) is 4.43. The largest absolute Gasteiger partial charge is 0.326 e. The summed E-state index contributed by atoms with van der Waals surface area (Å²) in [5.41, 5.74) is 2.71. The monoisotopic (exact) mass is 372 g/mol. The van der Waals surface area contributed by atoms with Crippen molar-refractivity contribution in [1.29, 1.82) is 0 Å². The average Bonchev–Trinajstić information content (AvgIpc) is 2.96. The van der Waals surface area contributed by atoms with Crippen LogP contribution in [0.3, 0.4) is 0 Å². The number of nitrogens with zero attached hydrogens (tertiary/aromatic N) is 1. The molecule has 0 saturated heterocycles. The molecule has 1 amide bonds. The Kier molecular flexibility index (Phi) is 7.54. The molecule has 26 heavy (non-hydrogen) atoms. The van der Waals surface area contributed by atoms with Crippen LogP contribution in [-0.2, 0) is 11.3 Å². The Bertz CT molecular complexity index is 763. The Labute approximate surface area is 160 Å². The number of rotatable bonds is 9. The van der Waals surface area contributed by atoms with Gasteiger partial charge in [0.2, 0.25) is 5.91 Å². The van der Waals surface area contributed by atoms with Gasteiger partial charge in [0.15, 0.2) is 5.78 Å². The molecule has 2 rings (SSSR count). The van der Waals surface area contributed by atoms with Crippen molar-refractivity contribution >= 4 is 28.7 Å². The Hall–Kier alpha value is -1.98. The van der Waals surface area contributed by atoms with Crippen molar-refractivity contribution in [3.05, 3.63) is 51.2 Å². The molecule has 0 atom stereocenters. The number of amides is 1. The van der Waals surface area contributed by atoms with Crippen LogP contribution in [0.4, 0.5) is 5.69 Å². The second kappa shape index (κ2) is 9.64. The standard InChI is InChI=1S/C21H28N2O2S/c1-5-23(6-2)14-17-8-7-9-18(13-17)22-21(25)11-10-20(24)19-12-15(3)26-16(19)4/h7-9,12-13H,5-6,10-11,14H2,1-4H3,(H,22,25). The van der Waals surface area contributed by atoms with Crippen LogP contribution < -0.4 is 5.32 Å². The maximum absolute atomic E-state index is 12.3. The Morgan fingerprint density at radius 2 is 1.81 bits per heavy atom. The van der Waals surface area contributed by atoms with Gasteiger partial charge in [-0.1, -0.05) is 26.0 Å². The molecule has 1 aromatic heterocycles. The fraction of sp³-hybridized carbons (Fsp3) is 0.429. The first-order valence-electron chi connectivity index (χ1n) is 9.14. The molecule has 1 N–H and O–H groups in total. The first-order chi connectivity index (χ1) is 12.4. The molecule has 0 aliphatic carbocycles. The number of anilines is 1. The zero-order chi connectivity index (χ0) is 19.1. The zero-order valence-corrected chi connectivity index (χ0v) is 16.9. The molecule has 0 aliphatic heterocycles. The number of hydrogen-bond donors (Lipinski definition) is 1. The maximum Gasteiger partial charge on any atom is 0.224 e. The van der Waals surface area contributed by atoms with Crippen LogP contribution in [0.15, 0.2) is 30.3 Å². The number of aryl methyl sites for hydroxylation is 2. The van der Waals surface area contributed by atoms with E-state index in [1.54, 1.807) is 11.3 Å². The molecule has 1 aromatic carbocycles. The van der Waals surface area contributed by atoms with Gasteiger partial charge in [0, 0.05) is 40.4 Å². The summed E-state index contributed by atoms with van der Waals surface area (Å²) in [4.78, 5) is 29.0. The molecular weight excluding hydrogens is 344 g/mol. The van der Waals surface area contributed by atoms with Gasteiger partial charge in [-0.05, 0) is 50.7 Å². The van der Waals surface area contributed by atoms with Crippen LogP contribution in [0.1, 0.15) is 52.4 Å².